The van der Waals surface area contributed by atoms with Crippen LogP contribution in [0.4, 0.5) is 18.3 Å². The van der Waals surface area contributed by atoms with Crippen LogP contribution in [0, 0.1) is 0 Å². The molecule has 2 aromatic carbocycles. The van der Waals surface area contributed by atoms with Crippen LogP contribution in [-0.2, 0) is 6.18 Å². The van der Waals surface area contributed by atoms with Crippen molar-refractivity contribution in [2.24, 2.45) is 5.10 Å². The predicted molar refractivity (Wildman–Crippen MR) is 95.2 cm³/mol. The summed E-state index contributed by atoms with van der Waals surface area (Å²) < 4.78 is 37.5. The first-order valence-corrected chi connectivity index (χ1v) is 8.35. The van der Waals surface area contributed by atoms with E-state index in [2.05, 4.69) is 15.5 Å². The number of rotatable bonds is 4. The Labute approximate surface area is 150 Å². The zero-order chi connectivity index (χ0) is 17.9. The van der Waals surface area contributed by atoms with Crippen molar-refractivity contribution in [3.63, 3.8) is 0 Å². The van der Waals surface area contributed by atoms with Crippen molar-refractivity contribution in [3.05, 3.63) is 70.1 Å². The van der Waals surface area contributed by atoms with Gasteiger partial charge in [-0.05, 0) is 29.8 Å². The highest BCUT2D eigenvalue weighted by Crippen LogP contribution is 2.29. The summed E-state index contributed by atoms with van der Waals surface area (Å²) in [6.07, 6.45) is -2.91. The van der Waals surface area contributed by atoms with Crippen LogP contribution in [-0.4, -0.2) is 11.2 Å². The topological polar surface area (TPSA) is 37.3 Å². The lowest BCUT2D eigenvalue weighted by Crippen LogP contribution is -2.04. The average Bonchev–Trinajstić information content (AvgIpc) is 3.04. The van der Waals surface area contributed by atoms with Gasteiger partial charge >= 0.3 is 6.18 Å². The number of hydrogen-bond donors (Lipinski definition) is 1. The number of thiazole rings is 1. The highest BCUT2D eigenvalue weighted by molar-refractivity contribution is 7.14. The molecular formula is C17H11ClF3N3S. The molecule has 0 fully saturated rings. The van der Waals surface area contributed by atoms with Crippen molar-refractivity contribution in [2.45, 2.75) is 6.18 Å². The summed E-state index contributed by atoms with van der Waals surface area (Å²) in [5.74, 6) is 0. The van der Waals surface area contributed by atoms with Gasteiger partial charge in [-0.25, -0.2) is 4.98 Å². The summed E-state index contributed by atoms with van der Waals surface area (Å²) in [4.78, 5) is 4.39. The minimum Gasteiger partial charge on any atom is -0.253 e. The zero-order valence-corrected chi connectivity index (χ0v) is 14.2. The maximum atomic E-state index is 12.5. The molecule has 0 radical (unpaired) electrons. The van der Waals surface area contributed by atoms with E-state index in [4.69, 9.17) is 11.6 Å². The van der Waals surface area contributed by atoms with Crippen LogP contribution in [0.5, 0.6) is 0 Å². The molecule has 0 saturated heterocycles. The monoisotopic (exact) mass is 381 g/mol. The molecule has 3 nitrogen and oxygen atoms in total. The lowest BCUT2D eigenvalue weighted by atomic mass is 10.1. The largest absolute Gasteiger partial charge is 0.416 e. The average molecular weight is 382 g/mol. The molecule has 1 aromatic heterocycles. The lowest BCUT2D eigenvalue weighted by molar-refractivity contribution is -0.137. The quantitative estimate of drug-likeness (QED) is 0.449. The number of nitrogens with one attached hydrogen (secondary N) is 1. The van der Waals surface area contributed by atoms with Gasteiger partial charge in [-0.3, -0.25) is 5.43 Å². The Hall–Kier alpha value is -2.38. The summed E-state index contributed by atoms with van der Waals surface area (Å²) in [5, 5.41) is 7.10. The second kappa shape index (κ2) is 7.25. The summed E-state index contributed by atoms with van der Waals surface area (Å²) in [7, 11) is 0. The fourth-order valence-electron chi connectivity index (χ4n) is 2.00. The molecule has 0 spiro atoms. The maximum absolute atomic E-state index is 12.5. The van der Waals surface area contributed by atoms with Gasteiger partial charge in [0.15, 0.2) is 0 Å². The molecule has 8 heteroatoms. The summed E-state index contributed by atoms with van der Waals surface area (Å²) in [5.41, 5.74) is 4.35. The van der Waals surface area contributed by atoms with Crippen LogP contribution in [0.1, 0.15) is 11.1 Å². The molecule has 0 amide bonds. The first kappa shape index (κ1) is 17.4. The molecule has 1 heterocycles. The van der Waals surface area contributed by atoms with Gasteiger partial charge in [0.2, 0.25) is 5.13 Å². The number of hydrogen-bond acceptors (Lipinski definition) is 4. The van der Waals surface area contributed by atoms with Crippen LogP contribution in [0.2, 0.25) is 5.02 Å². The normalized spacial score (nSPS) is 11.8. The van der Waals surface area contributed by atoms with Crippen LogP contribution < -0.4 is 5.43 Å². The molecule has 0 aliphatic carbocycles. The fourth-order valence-corrected chi connectivity index (χ4v) is 2.79. The van der Waals surface area contributed by atoms with Crippen LogP contribution in [0.15, 0.2) is 59.0 Å². The van der Waals surface area contributed by atoms with Gasteiger partial charge in [-0.2, -0.15) is 18.3 Å². The predicted octanol–water partition coefficient (Wildman–Crippen LogP) is 5.93. The van der Waals surface area contributed by atoms with E-state index in [-0.39, 0.29) is 0 Å². The summed E-state index contributed by atoms with van der Waals surface area (Å²) in [6.45, 7) is 0. The van der Waals surface area contributed by atoms with E-state index in [1.54, 1.807) is 12.1 Å². The van der Waals surface area contributed by atoms with Crippen molar-refractivity contribution in [2.75, 3.05) is 5.43 Å². The highest BCUT2D eigenvalue weighted by Gasteiger charge is 2.29. The maximum Gasteiger partial charge on any atom is 0.416 e. The van der Waals surface area contributed by atoms with Gasteiger partial charge in [0, 0.05) is 16.0 Å². The smallest absolute Gasteiger partial charge is 0.253 e. The SMILES string of the molecule is FC(F)(F)c1ccc(/C=N/Nc2nc(-c3ccc(Cl)cc3)cs2)cc1. The molecule has 1 N–H and O–H groups in total. The highest BCUT2D eigenvalue weighted by atomic mass is 35.5. The fraction of sp³-hybridized carbons (Fsp3) is 0.0588. The number of anilines is 1. The molecule has 0 aliphatic rings. The molecule has 0 saturated carbocycles. The van der Waals surface area contributed by atoms with Crippen LogP contribution in [0.25, 0.3) is 11.3 Å². The van der Waals surface area contributed by atoms with Crippen molar-refractivity contribution in [1.29, 1.82) is 0 Å². The molecule has 3 rings (SSSR count). The second-order valence-electron chi connectivity index (χ2n) is 5.03. The molecule has 3 aromatic rings. The molecule has 0 unspecified atom stereocenters. The van der Waals surface area contributed by atoms with Gasteiger partial charge in [-0.15, -0.1) is 11.3 Å². The van der Waals surface area contributed by atoms with E-state index in [9.17, 15) is 13.2 Å². The standard InChI is InChI=1S/C17H11ClF3N3S/c18-14-7-3-12(4-8-14)15-10-25-16(23-15)24-22-9-11-1-5-13(6-2-11)17(19,20)21/h1-10H,(H,23,24)/b22-9+. The molecule has 0 bridgehead atoms. The number of halogens is 4. The van der Waals surface area contributed by atoms with E-state index in [0.717, 1.165) is 23.4 Å². The molecular weight excluding hydrogens is 371 g/mol. The first-order chi connectivity index (χ1) is 11.9. The van der Waals surface area contributed by atoms with E-state index in [0.29, 0.717) is 15.7 Å². The third-order valence-electron chi connectivity index (χ3n) is 3.26. The molecule has 0 aliphatic heterocycles. The Balaban J connectivity index is 1.64. The minimum absolute atomic E-state index is 0.551. The van der Waals surface area contributed by atoms with Gasteiger partial charge < -0.3 is 0 Å². The Bertz CT molecular complexity index is 871. The molecule has 128 valence electrons. The van der Waals surface area contributed by atoms with Gasteiger partial charge in [0.1, 0.15) is 0 Å². The van der Waals surface area contributed by atoms with E-state index in [1.807, 2.05) is 17.5 Å². The number of aromatic nitrogens is 1. The Morgan fingerprint density at radius 2 is 1.72 bits per heavy atom. The van der Waals surface area contributed by atoms with E-state index >= 15 is 0 Å². The number of nitrogens with zero attached hydrogens (tertiary/aromatic N) is 2. The minimum atomic E-state index is -4.34. The van der Waals surface area contributed by atoms with Gasteiger partial charge in [0.25, 0.3) is 0 Å². The third-order valence-corrected chi connectivity index (χ3v) is 4.25. The number of alkyl halides is 3. The Morgan fingerprint density at radius 1 is 1.04 bits per heavy atom. The van der Waals surface area contributed by atoms with Crippen molar-refractivity contribution in [1.82, 2.24) is 4.98 Å². The van der Waals surface area contributed by atoms with Gasteiger partial charge in [0.05, 0.1) is 17.5 Å². The second-order valence-corrected chi connectivity index (χ2v) is 6.33. The van der Waals surface area contributed by atoms with Crippen LogP contribution in [0.3, 0.4) is 0 Å². The van der Waals surface area contributed by atoms with Gasteiger partial charge in [-0.1, -0.05) is 35.9 Å². The molecule has 0 atom stereocenters. The van der Waals surface area contributed by atoms with Crippen molar-refractivity contribution in [3.8, 4) is 11.3 Å². The third kappa shape index (κ3) is 4.58. The van der Waals surface area contributed by atoms with Crippen molar-refractivity contribution >= 4 is 34.3 Å². The lowest BCUT2D eigenvalue weighted by Gasteiger charge is -2.05. The first-order valence-electron chi connectivity index (χ1n) is 7.09. The van der Waals surface area contributed by atoms with E-state index in [1.165, 1.54) is 29.7 Å². The summed E-state index contributed by atoms with van der Waals surface area (Å²) in [6, 6.07) is 12.0. The number of benzene rings is 2. The molecule has 25 heavy (non-hydrogen) atoms. The van der Waals surface area contributed by atoms with Crippen LogP contribution >= 0.6 is 22.9 Å². The summed E-state index contributed by atoms with van der Waals surface area (Å²) >= 11 is 7.23. The van der Waals surface area contributed by atoms with E-state index < -0.39 is 11.7 Å². The number of hydrazone groups is 1. The zero-order valence-electron chi connectivity index (χ0n) is 12.6. The Morgan fingerprint density at radius 3 is 2.36 bits per heavy atom. The van der Waals surface area contributed by atoms with Crippen molar-refractivity contribution < 1.29 is 13.2 Å². The Kier molecular flexibility index (Phi) is 5.06.